The minimum Gasteiger partial charge on any atom is -0.369 e. The van der Waals surface area contributed by atoms with Gasteiger partial charge in [0.05, 0.1) is 5.69 Å². The molecule has 0 radical (unpaired) electrons. The molecule has 1 unspecified atom stereocenters. The van der Waals surface area contributed by atoms with Gasteiger partial charge in [0.1, 0.15) is 0 Å². The van der Waals surface area contributed by atoms with Gasteiger partial charge < -0.3 is 10.6 Å². The Morgan fingerprint density at radius 2 is 2.27 bits per heavy atom. The Hall–Kier alpha value is -0.540. The van der Waals surface area contributed by atoms with E-state index < -0.39 is 0 Å². The Balaban J connectivity index is 2.24. The molecule has 0 amide bonds. The van der Waals surface area contributed by atoms with Gasteiger partial charge >= 0.3 is 0 Å². The number of benzene rings is 1. The zero-order valence-corrected chi connectivity index (χ0v) is 10.6. The average Bonchev–Trinajstić information content (AvgIpc) is 2.22. The summed E-state index contributed by atoms with van der Waals surface area (Å²) in [5.41, 5.74) is 8.57. The first kappa shape index (κ1) is 11.0. The zero-order chi connectivity index (χ0) is 10.8. The highest BCUT2D eigenvalue weighted by Gasteiger charge is 2.18. The second-order valence-electron chi connectivity index (χ2n) is 4.30. The molecule has 1 atom stereocenters. The van der Waals surface area contributed by atoms with Crippen LogP contribution < -0.4 is 10.6 Å². The molecule has 1 saturated heterocycles. The summed E-state index contributed by atoms with van der Waals surface area (Å²) in [5, 5.41) is 0. The molecular weight excluding hydrogens is 252 g/mol. The van der Waals surface area contributed by atoms with Crippen LogP contribution in [0.5, 0.6) is 0 Å². The van der Waals surface area contributed by atoms with Gasteiger partial charge in [-0.2, -0.15) is 0 Å². The quantitative estimate of drug-likeness (QED) is 0.849. The summed E-state index contributed by atoms with van der Waals surface area (Å²) in [6.45, 7) is 4.22. The van der Waals surface area contributed by atoms with E-state index in [1.807, 2.05) is 0 Å². The molecule has 0 aromatic heterocycles. The van der Waals surface area contributed by atoms with Crippen molar-refractivity contribution in [2.75, 3.05) is 18.0 Å². The van der Waals surface area contributed by atoms with E-state index >= 15 is 0 Å². The highest BCUT2D eigenvalue weighted by atomic mass is 79.9. The summed E-state index contributed by atoms with van der Waals surface area (Å²) in [6.07, 6.45) is 2.35. The highest BCUT2D eigenvalue weighted by molar-refractivity contribution is 9.10. The van der Waals surface area contributed by atoms with Gasteiger partial charge in [-0.25, -0.2) is 0 Å². The van der Waals surface area contributed by atoms with Crippen molar-refractivity contribution in [3.8, 4) is 0 Å². The lowest BCUT2D eigenvalue weighted by molar-refractivity contribution is 0.505. The smallest absolute Gasteiger partial charge is 0.0513 e. The van der Waals surface area contributed by atoms with Crippen molar-refractivity contribution in [3.05, 3.63) is 28.2 Å². The predicted molar refractivity (Wildman–Crippen MR) is 68.3 cm³/mol. The maximum absolute atomic E-state index is 5.99. The number of hydrogen-bond donors (Lipinski definition) is 1. The lowest BCUT2D eigenvalue weighted by Crippen LogP contribution is -2.43. The van der Waals surface area contributed by atoms with Crippen LogP contribution in [-0.4, -0.2) is 19.1 Å². The number of hydrogen-bond acceptors (Lipinski definition) is 2. The highest BCUT2D eigenvalue weighted by Crippen LogP contribution is 2.29. The average molecular weight is 269 g/mol. The van der Waals surface area contributed by atoms with E-state index in [4.69, 9.17) is 5.73 Å². The topological polar surface area (TPSA) is 29.3 Å². The van der Waals surface area contributed by atoms with E-state index in [0.717, 1.165) is 19.5 Å². The molecule has 0 spiro atoms. The van der Waals surface area contributed by atoms with Crippen LogP contribution in [0.15, 0.2) is 22.7 Å². The van der Waals surface area contributed by atoms with Crippen molar-refractivity contribution in [1.82, 2.24) is 0 Å². The van der Waals surface area contributed by atoms with Crippen LogP contribution in [-0.2, 0) is 0 Å². The Bertz CT molecular complexity index is 351. The molecular formula is C12H17BrN2. The van der Waals surface area contributed by atoms with Crippen molar-refractivity contribution < 1.29 is 0 Å². The maximum Gasteiger partial charge on any atom is 0.0513 e. The minimum atomic E-state index is 0.325. The maximum atomic E-state index is 5.99. The molecule has 1 aliphatic heterocycles. The number of piperidine rings is 1. The Labute approximate surface area is 99.6 Å². The molecule has 1 heterocycles. The van der Waals surface area contributed by atoms with E-state index in [9.17, 15) is 0 Å². The van der Waals surface area contributed by atoms with Gasteiger partial charge in [-0.3, -0.25) is 0 Å². The normalized spacial score (nSPS) is 21.8. The van der Waals surface area contributed by atoms with Gasteiger partial charge in [-0.15, -0.1) is 0 Å². The van der Waals surface area contributed by atoms with Gasteiger partial charge in [0, 0.05) is 23.6 Å². The Morgan fingerprint density at radius 3 is 3.00 bits per heavy atom. The van der Waals surface area contributed by atoms with Gasteiger partial charge in [-0.05, 0) is 53.4 Å². The van der Waals surface area contributed by atoms with Crippen LogP contribution >= 0.6 is 15.9 Å². The summed E-state index contributed by atoms with van der Waals surface area (Å²) >= 11 is 3.60. The summed E-state index contributed by atoms with van der Waals surface area (Å²) in [4.78, 5) is 2.38. The largest absolute Gasteiger partial charge is 0.369 e. The molecule has 2 N–H and O–H groups in total. The van der Waals surface area contributed by atoms with Crippen LogP contribution in [0.2, 0.25) is 0 Å². The van der Waals surface area contributed by atoms with Crippen molar-refractivity contribution in [2.45, 2.75) is 25.8 Å². The molecule has 15 heavy (non-hydrogen) atoms. The second-order valence-corrected chi connectivity index (χ2v) is 5.16. The van der Waals surface area contributed by atoms with E-state index in [2.05, 4.69) is 46.0 Å². The second kappa shape index (κ2) is 4.54. The van der Waals surface area contributed by atoms with Gasteiger partial charge in [-0.1, -0.05) is 6.07 Å². The molecule has 2 nitrogen and oxygen atoms in total. The van der Waals surface area contributed by atoms with Crippen molar-refractivity contribution in [3.63, 3.8) is 0 Å². The van der Waals surface area contributed by atoms with Crippen LogP contribution in [0.3, 0.4) is 0 Å². The lowest BCUT2D eigenvalue weighted by atomic mass is 10.1. The first-order valence-electron chi connectivity index (χ1n) is 5.43. The molecule has 1 fully saturated rings. The third-order valence-corrected chi connectivity index (χ3v) is 3.57. The van der Waals surface area contributed by atoms with E-state index in [1.54, 1.807) is 0 Å². The number of halogens is 1. The molecule has 3 heteroatoms. The molecule has 1 aromatic rings. The van der Waals surface area contributed by atoms with Crippen LogP contribution in [0.25, 0.3) is 0 Å². The van der Waals surface area contributed by atoms with Gasteiger partial charge in [0.25, 0.3) is 0 Å². The molecule has 0 aliphatic carbocycles. The van der Waals surface area contributed by atoms with E-state index in [1.165, 1.54) is 22.1 Å². The first-order chi connectivity index (χ1) is 7.16. The van der Waals surface area contributed by atoms with E-state index in [0.29, 0.717) is 6.04 Å². The standard InChI is InChI=1S/C12H17BrN2/c1-9-4-5-11(13)12(7-9)15-6-2-3-10(14)8-15/h4-5,7,10H,2-3,6,8,14H2,1H3. The monoisotopic (exact) mass is 268 g/mol. The van der Waals surface area contributed by atoms with Crippen molar-refractivity contribution in [2.24, 2.45) is 5.73 Å². The minimum absolute atomic E-state index is 0.325. The van der Waals surface area contributed by atoms with Crippen LogP contribution in [0, 0.1) is 6.92 Å². The van der Waals surface area contributed by atoms with E-state index in [-0.39, 0.29) is 0 Å². The lowest BCUT2D eigenvalue weighted by Gasteiger charge is -2.33. The fourth-order valence-corrected chi connectivity index (χ4v) is 2.59. The number of aryl methyl sites for hydroxylation is 1. The third kappa shape index (κ3) is 2.52. The molecule has 2 rings (SSSR count). The molecule has 82 valence electrons. The fraction of sp³-hybridized carbons (Fsp3) is 0.500. The molecule has 1 aromatic carbocycles. The summed E-state index contributed by atoms with van der Waals surface area (Å²) in [5.74, 6) is 0. The van der Waals surface area contributed by atoms with Gasteiger partial charge in [0.2, 0.25) is 0 Å². The fourth-order valence-electron chi connectivity index (χ4n) is 2.09. The first-order valence-corrected chi connectivity index (χ1v) is 6.23. The molecule has 1 aliphatic rings. The molecule has 0 saturated carbocycles. The Kier molecular flexibility index (Phi) is 3.32. The number of nitrogens with two attached hydrogens (primary N) is 1. The number of nitrogens with zero attached hydrogens (tertiary/aromatic N) is 1. The summed E-state index contributed by atoms with van der Waals surface area (Å²) in [6, 6.07) is 6.79. The summed E-state index contributed by atoms with van der Waals surface area (Å²) < 4.78 is 1.17. The van der Waals surface area contributed by atoms with Gasteiger partial charge in [0.15, 0.2) is 0 Å². The van der Waals surface area contributed by atoms with Crippen molar-refractivity contribution in [1.29, 1.82) is 0 Å². The number of rotatable bonds is 1. The number of anilines is 1. The van der Waals surface area contributed by atoms with Crippen molar-refractivity contribution >= 4 is 21.6 Å². The predicted octanol–water partition coefficient (Wildman–Crippen LogP) is 2.69. The zero-order valence-electron chi connectivity index (χ0n) is 9.04. The summed E-state index contributed by atoms with van der Waals surface area (Å²) in [7, 11) is 0. The Morgan fingerprint density at radius 1 is 1.47 bits per heavy atom. The van der Waals surface area contributed by atoms with Crippen LogP contribution in [0.1, 0.15) is 18.4 Å². The SMILES string of the molecule is Cc1ccc(Br)c(N2CCCC(N)C2)c1. The van der Waals surface area contributed by atoms with Crippen LogP contribution in [0.4, 0.5) is 5.69 Å². The molecule has 0 bridgehead atoms. The third-order valence-electron chi connectivity index (χ3n) is 2.90.